The number of nitrogens with one attached hydrogen (secondary N) is 1. The van der Waals surface area contributed by atoms with Gasteiger partial charge in [-0.3, -0.25) is 9.59 Å². The lowest BCUT2D eigenvalue weighted by Crippen LogP contribution is -2.50. The van der Waals surface area contributed by atoms with Crippen molar-refractivity contribution in [1.82, 2.24) is 10.2 Å². The van der Waals surface area contributed by atoms with Gasteiger partial charge in [0.2, 0.25) is 5.91 Å². The van der Waals surface area contributed by atoms with Crippen molar-refractivity contribution < 1.29 is 18.8 Å². The van der Waals surface area contributed by atoms with Crippen LogP contribution in [0.25, 0.3) is 0 Å². The second-order valence-corrected chi connectivity index (χ2v) is 9.09. The number of likely N-dealkylation sites (tertiary alicyclic amines) is 1. The van der Waals surface area contributed by atoms with Gasteiger partial charge in [-0.15, -0.1) is 0 Å². The van der Waals surface area contributed by atoms with Crippen LogP contribution in [0.2, 0.25) is 0 Å². The first-order valence-corrected chi connectivity index (χ1v) is 11.0. The van der Waals surface area contributed by atoms with Crippen molar-refractivity contribution in [2.45, 2.75) is 69.9 Å². The van der Waals surface area contributed by atoms with Gasteiger partial charge in [0, 0.05) is 19.1 Å². The number of nitrogens with zero attached hydrogens (tertiary/aromatic N) is 2. The first kappa shape index (κ1) is 18.7. The van der Waals surface area contributed by atoms with Gasteiger partial charge in [0.25, 0.3) is 5.91 Å². The lowest BCUT2D eigenvalue weighted by Gasteiger charge is -2.42. The first-order chi connectivity index (χ1) is 14.1. The number of amides is 2. The molecule has 0 unspecified atom stereocenters. The number of hydrogen-bond donors (Lipinski definition) is 1. The number of rotatable bonds is 4. The molecule has 2 aliphatic carbocycles. The van der Waals surface area contributed by atoms with Crippen molar-refractivity contribution in [1.29, 1.82) is 0 Å². The molecule has 0 aromatic carbocycles. The van der Waals surface area contributed by atoms with E-state index in [2.05, 4.69) is 10.5 Å². The van der Waals surface area contributed by atoms with Crippen LogP contribution in [0.1, 0.15) is 57.1 Å². The van der Waals surface area contributed by atoms with Crippen LogP contribution in [0.5, 0.6) is 0 Å². The average molecular weight is 399 g/mol. The van der Waals surface area contributed by atoms with Crippen LogP contribution >= 0.6 is 0 Å². The van der Waals surface area contributed by atoms with E-state index >= 15 is 0 Å². The minimum absolute atomic E-state index is 0.0182. The quantitative estimate of drug-likeness (QED) is 0.844. The highest BCUT2D eigenvalue weighted by Crippen LogP contribution is 2.54. The van der Waals surface area contributed by atoms with Gasteiger partial charge < -0.3 is 19.5 Å². The van der Waals surface area contributed by atoms with E-state index in [1.54, 1.807) is 6.26 Å². The summed E-state index contributed by atoms with van der Waals surface area (Å²) in [5, 5.41) is 7.41. The minimum atomic E-state index is -0.0398. The van der Waals surface area contributed by atoms with Crippen molar-refractivity contribution in [3.8, 4) is 0 Å². The summed E-state index contributed by atoms with van der Waals surface area (Å²) in [4.78, 5) is 33.2. The zero-order valence-corrected chi connectivity index (χ0v) is 16.8. The third-order valence-electron chi connectivity index (χ3n) is 7.48. The van der Waals surface area contributed by atoms with Crippen LogP contribution in [0.15, 0.2) is 28.0 Å². The molecule has 156 valence electrons. The van der Waals surface area contributed by atoms with Crippen LogP contribution in [0, 0.1) is 11.3 Å². The molecule has 4 aliphatic rings. The van der Waals surface area contributed by atoms with E-state index in [0.717, 1.165) is 51.6 Å². The van der Waals surface area contributed by atoms with E-state index in [1.807, 2.05) is 17.0 Å². The molecule has 29 heavy (non-hydrogen) atoms. The van der Waals surface area contributed by atoms with Crippen molar-refractivity contribution in [3.05, 3.63) is 24.2 Å². The summed E-state index contributed by atoms with van der Waals surface area (Å²) in [6, 6.07) is 3.93. The smallest absolute Gasteiger partial charge is 0.269 e. The molecule has 7 heteroatoms. The van der Waals surface area contributed by atoms with E-state index in [4.69, 9.17) is 9.25 Å². The summed E-state index contributed by atoms with van der Waals surface area (Å²) >= 11 is 0. The predicted molar refractivity (Wildman–Crippen MR) is 106 cm³/mol. The molecule has 2 aliphatic heterocycles. The Balaban J connectivity index is 1.23. The second-order valence-electron chi connectivity index (χ2n) is 9.09. The largest absolute Gasteiger partial charge is 0.469 e. The Morgan fingerprint density at radius 2 is 1.97 bits per heavy atom. The van der Waals surface area contributed by atoms with Gasteiger partial charge in [0.1, 0.15) is 11.9 Å². The number of oxime groups is 1. The van der Waals surface area contributed by atoms with Gasteiger partial charge in [-0.1, -0.05) is 18.0 Å². The molecule has 1 spiro atoms. The van der Waals surface area contributed by atoms with Crippen LogP contribution in [-0.4, -0.2) is 47.7 Å². The monoisotopic (exact) mass is 399 g/mol. The third-order valence-corrected chi connectivity index (χ3v) is 7.48. The molecule has 2 saturated carbocycles. The maximum atomic E-state index is 12.9. The van der Waals surface area contributed by atoms with Gasteiger partial charge in [0.05, 0.1) is 18.6 Å². The van der Waals surface area contributed by atoms with Gasteiger partial charge >= 0.3 is 0 Å². The lowest BCUT2D eigenvalue weighted by molar-refractivity contribution is -0.133. The molecule has 3 heterocycles. The number of hydrogen-bond acceptors (Lipinski definition) is 5. The number of piperidine rings is 1. The highest BCUT2D eigenvalue weighted by Gasteiger charge is 2.57. The minimum Gasteiger partial charge on any atom is -0.469 e. The summed E-state index contributed by atoms with van der Waals surface area (Å²) in [6.07, 6.45) is 10.2. The number of carbonyl (C=O) groups is 2. The predicted octanol–water partition coefficient (Wildman–Crippen LogP) is 2.65. The summed E-state index contributed by atoms with van der Waals surface area (Å²) in [7, 11) is 0. The van der Waals surface area contributed by atoms with E-state index in [-0.39, 0.29) is 35.3 Å². The van der Waals surface area contributed by atoms with Crippen molar-refractivity contribution in [2.75, 3.05) is 13.1 Å². The van der Waals surface area contributed by atoms with Crippen LogP contribution < -0.4 is 5.32 Å². The molecule has 1 N–H and O–H groups in total. The van der Waals surface area contributed by atoms with E-state index in [9.17, 15) is 9.59 Å². The fourth-order valence-corrected chi connectivity index (χ4v) is 5.86. The van der Waals surface area contributed by atoms with Gasteiger partial charge in [0.15, 0.2) is 5.71 Å². The van der Waals surface area contributed by atoms with Crippen molar-refractivity contribution in [3.63, 3.8) is 0 Å². The first-order valence-electron chi connectivity index (χ1n) is 11.0. The standard InChI is InChI=1S/C22H29N3O4/c26-18(14-16-6-3-13-28-16)25-11-9-22(10-12-25)8-7-17-19(22)20(24-29-17)21(27)23-15-4-1-2-5-15/h3,6,13,15,17,19H,1-2,4-5,7-12,14H2,(H,23,27)/t17-,19+/m0/s1. The summed E-state index contributed by atoms with van der Waals surface area (Å²) in [5.41, 5.74) is 0.615. The Kier molecular flexibility index (Phi) is 4.84. The van der Waals surface area contributed by atoms with E-state index in [1.165, 1.54) is 12.8 Å². The summed E-state index contributed by atoms with van der Waals surface area (Å²) in [6.45, 7) is 1.45. The third kappa shape index (κ3) is 3.45. The molecule has 1 aromatic rings. The Morgan fingerprint density at radius 1 is 1.17 bits per heavy atom. The molecule has 0 radical (unpaired) electrons. The normalized spacial score (nSPS) is 28.3. The fraction of sp³-hybridized carbons (Fsp3) is 0.682. The van der Waals surface area contributed by atoms with Crippen molar-refractivity contribution in [2.24, 2.45) is 16.5 Å². The Labute approximate surface area is 170 Å². The highest BCUT2D eigenvalue weighted by molar-refractivity contribution is 6.40. The number of fused-ring (bicyclic) bond motifs is 2. The van der Waals surface area contributed by atoms with Crippen LogP contribution in [0.4, 0.5) is 0 Å². The molecule has 1 aromatic heterocycles. The summed E-state index contributed by atoms with van der Waals surface area (Å²) in [5.74, 6) is 0.839. The van der Waals surface area contributed by atoms with Gasteiger partial charge in [-0.2, -0.15) is 0 Å². The number of carbonyl (C=O) groups excluding carboxylic acids is 2. The molecular formula is C22H29N3O4. The zero-order valence-electron chi connectivity index (χ0n) is 16.8. The van der Waals surface area contributed by atoms with Gasteiger partial charge in [-0.05, 0) is 56.1 Å². The zero-order chi connectivity index (χ0) is 19.8. The highest BCUT2D eigenvalue weighted by atomic mass is 16.6. The second kappa shape index (κ2) is 7.50. The molecule has 0 bridgehead atoms. The fourth-order valence-electron chi connectivity index (χ4n) is 5.86. The average Bonchev–Trinajstić information content (AvgIpc) is 3.50. The molecule has 5 rings (SSSR count). The molecule has 1 saturated heterocycles. The molecule has 3 fully saturated rings. The van der Waals surface area contributed by atoms with E-state index in [0.29, 0.717) is 17.9 Å². The topological polar surface area (TPSA) is 84.1 Å². The maximum absolute atomic E-state index is 12.9. The maximum Gasteiger partial charge on any atom is 0.269 e. The Hall–Kier alpha value is -2.31. The molecule has 7 nitrogen and oxygen atoms in total. The van der Waals surface area contributed by atoms with Crippen LogP contribution in [-0.2, 0) is 20.8 Å². The Bertz CT molecular complexity index is 789. The SMILES string of the molecule is O=C(NC1CCCC1)C1=NO[C@H]2CCC3(CCN(C(=O)Cc4ccco4)CC3)[C@@H]12. The molecule has 2 amide bonds. The molecular weight excluding hydrogens is 370 g/mol. The van der Waals surface area contributed by atoms with Gasteiger partial charge in [-0.25, -0.2) is 0 Å². The summed E-state index contributed by atoms with van der Waals surface area (Å²) < 4.78 is 5.32. The lowest BCUT2D eigenvalue weighted by atomic mass is 9.68. The number of furan rings is 1. The van der Waals surface area contributed by atoms with E-state index < -0.39 is 0 Å². The van der Waals surface area contributed by atoms with Crippen molar-refractivity contribution >= 4 is 17.5 Å². The Morgan fingerprint density at radius 3 is 2.69 bits per heavy atom. The molecule has 2 atom stereocenters. The van der Waals surface area contributed by atoms with Crippen LogP contribution in [0.3, 0.4) is 0 Å².